The number of aromatic nitrogens is 1. The van der Waals surface area contributed by atoms with Gasteiger partial charge in [0.2, 0.25) is 11.7 Å². The minimum absolute atomic E-state index is 0.0647. The van der Waals surface area contributed by atoms with Crippen molar-refractivity contribution in [2.24, 2.45) is 0 Å². The highest BCUT2D eigenvalue weighted by Crippen LogP contribution is 2.31. The summed E-state index contributed by atoms with van der Waals surface area (Å²) in [6, 6.07) is 11.9. The van der Waals surface area contributed by atoms with E-state index in [9.17, 15) is 19.5 Å². The van der Waals surface area contributed by atoms with Gasteiger partial charge in [-0.15, -0.1) is 11.3 Å². The smallest absolute Gasteiger partial charge is 0.307 e. The molecule has 0 aliphatic carbocycles. The van der Waals surface area contributed by atoms with Crippen LogP contribution in [0.25, 0.3) is 10.4 Å². The van der Waals surface area contributed by atoms with Crippen molar-refractivity contribution < 1.29 is 14.7 Å². The van der Waals surface area contributed by atoms with Gasteiger partial charge in [-0.3, -0.25) is 19.4 Å². The molecule has 2 aromatic heterocycles. The summed E-state index contributed by atoms with van der Waals surface area (Å²) in [5.74, 6) is -0.812. The second kappa shape index (κ2) is 12.0. The van der Waals surface area contributed by atoms with Crippen molar-refractivity contribution in [3.8, 4) is 16.3 Å². The second-order valence-electron chi connectivity index (χ2n) is 8.18. The number of carbonyl (C=O) groups is 2. The lowest BCUT2D eigenvalue weighted by Gasteiger charge is -2.17. The van der Waals surface area contributed by atoms with E-state index in [1.807, 2.05) is 36.4 Å². The minimum Gasteiger partial charge on any atom is -0.494 e. The number of nitrogens with one attached hydrogen (secondary N) is 1. The number of rotatable bonds is 12. The summed E-state index contributed by atoms with van der Waals surface area (Å²) in [6.07, 6.45) is 6.00. The highest BCUT2D eigenvalue weighted by molar-refractivity contribution is 7.15. The summed E-state index contributed by atoms with van der Waals surface area (Å²) >= 11 is 2.61. The molecule has 0 saturated heterocycles. The van der Waals surface area contributed by atoms with Crippen LogP contribution in [-0.2, 0) is 22.6 Å². The summed E-state index contributed by atoms with van der Waals surface area (Å²) in [4.78, 5) is 42.4. The van der Waals surface area contributed by atoms with Crippen molar-refractivity contribution >= 4 is 34.4 Å². The Kier molecular flexibility index (Phi) is 9.03. The molecule has 0 aliphatic rings. The number of thiophene rings is 1. The summed E-state index contributed by atoms with van der Waals surface area (Å²) in [7, 11) is 1.67. The normalized spacial score (nSPS) is 11.0. The number of nitrogens with zero attached hydrogens (tertiary/aromatic N) is 1. The maximum absolute atomic E-state index is 12.5. The number of ketones is 1. The van der Waals surface area contributed by atoms with Crippen molar-refractivity contribution in [3.63, 3.8) is 0 Å². The quantitative estimate of drug-likeness (QED) is 0.267. The van der Waals surface area contributed by atoms with Crippen molar-refractivity contribution in [2.45, 2.75) is 58.4 Å². The molecule has 2 N–H and O–H groups in total. The van der Waals surface area contributed by atoms with Crippen LogP contribution in [0, 0.1) is 0 Å². The minimum atomic E-state index is -0.431. The third-order valence-electron chi connectivity index (χ3n) is 5.42. The van der Waals surface area contributed by atoms with Gasteiger partial charge in [-0.2, -0.15) is 0 Å². The van der Waals surface area contributed by atoms with E-state index in [1.54, 1.807) is 18.4 Å². The van der Waals surface area contributed by atoms with Crippen LogP contribution in [0.4, 0.5) is 0 Å². The Morgan fingerprint density at radius 1 is 1.06 bits per heavy atom. The SMILES string of the molecule is CCCCCCCC(=O)C(=O)N(C)Cc1cccc(-c2ccc(Cc3sc(=O)[nH]c3O)s2)c1. The number of amides is 1. The molecule has 0 bridgehead atoms. The molecule has 0 saturated carbocycles. The zero-order valence-electron chi connectivity index (χ0n) is 19.1. The first-order valence-electron chi connectivity index (χ1n) is 11.2. The standard InChI is InChI=1S/C25H30N2O4S2/c1-3-4-5-6-7-11-20(28)24(30)27(2)16-17-9-8-10-18(14-17)21-13-12-19(32-21)15-22-23(29)26-25(31)33-22/h8-10,12-14,29H,3-7,11,15-16H2,1-2H3,(H,26,31). The van der Waals surface area contributed by atoms with E-state index in [2.05, 4.69) is 11.9 Å². The zero-order chi connectivity index (χ0) is 23.8. The molecule has 3 rings (SSSR count). The predicted octanol–water partition coefficient (Wildman–Crippen LogP) is 5.35. The van der Waals surface area contributed by atoms with Crippen LogP contribution >= 0.6 is 22.7 Å². The van der Waals surface area contributed by atoms with Crippen LogP contribution in [0.1, 0.15) is 60.8 Å². The largest absolute Gasteiger partial charge is 0.494 e. The number of hydrogen-bond acceptors (Lipinski definition) is 6. The van der Waals surface area contributed by atoms with E-state index in [0.29, 0.717) is 24.3 Å². The number of likely N-dealkylation sites (N-methyl/N-ethyl adjacent to an activating group) is 1. The van der Waals surface area contributed by atoms with Gasteiger partial charge in [-0.1, -0.05) is 62.1 Å². The molecular weight excluding hydrogens is 456 g/mol. The maximum atomic E-state index is 12.5. The number of hydrogen-bond donors (Lipinski definition) is 2. The van der Waals surface area contributed by atoms with Gasteiger partial charge in [0, 0.05) is 36.2 Å². The Balaban J connectivity index is 1.59. The monoisotopic (exact) mass is 486 g/mol. The van der Waals surface area contributed by atoms with E-state index in [4.69, 9.17) is 0 Å². The number of H-pyrrole nitrogens is 1. The summed E-state index contributed by atoms with van der Waals surface area (Å²) in [6.45, 7) is 2.52. The lowest BCUT2D eigenvalue weighted by molar-refractivity contribution is -0.144. The van der Waals surface area contributed by atoms with Crippen molar-refractivity contribution in [1.82, 2.24) is 9.88 Å². The third-order valence-corrected chi connectivity index (χ3v) is 7.43. The van der Waals surface area contributed by atoms with Crippen LogP contribution in [0.15, 0.2) is 41.2 Å². The number of benzene rings is 1. The Morgan fingerprint density at radius 2 is 1.85 bits per heavy atom. The highest BCUT2D eigenvalue weighted by Gasteiger charge is 2.18. The van der Waals surface area contributed by atoms with Gasteiger partial charge >= 0.3 is 4.87 Å². The van der Waals surface area contributed by atoms with Gasteiger partial charge < -0.3 is 10.0 Å². The molecule has 2 heterocycles. The van der Waals surface area contributed by atoms with Gasteiger partial charge in [0.15, 0.2) is 0 Å². The first-order chi connectivity index (χ1) is 15.9. The molecule has 0 aliphatic heterocycles. The van der Waals surface area contributed by atoms with E-state index < -0.39 is 5.91 Å². The fraction of sp³-hybridized carbons (Fsp3) is 0.400. The predicted molar refractivity (Wildman–Crippen MR) is 134 cm³/mol. The van der Waals surface area contributed by atoms with E-state index in [0.717, 1.165) is 57.9 Å². The average molecular weight is 487 g/mol. The van der Waals surface area contributed by atoms with E-state index in [1.165, 1.54) is 11.3 Å². The van der Waals surface area contributed by atoms with Crippen molar-refractivity contribution in [1.29, 1.82) is 0 Å². The third kappa shape index (κ3) is 7.14. The molecule has 1 aromatic carbocycles. The fourth-order valence-electron chi connectivity index (χ4n) is 3.64. The van der Waals surface area contributed by atoms with Gasteiger partial charge in [0.1, 0.15) is 0 Å². The van der Waals surface area contributed by atoms with Crippen LogP contribution in [0.5, 0.6) is 5.88 Å². The molecule has 0 spiro atoms. The first-order valence-corrected chi connectivity index (χ1v) is 12.9. The molecule has 0 fully saturated rings. The number of thiazole rings is 1. The number of carbonyl (C=O) groups excluding carboxylic acids is 2. The van der Waals surface area contributed by atoms with Crippen molar-refractivity contribution in [3.05, 3.63) is 61.4 Å². The van der Waals surface area contributed by atoms with Crippen LogP contribution in [0.2, 0.25) is 0 Å². The first kappa shape index (κ1) is 24.9. The number of aromatic amines is 1. The zero-order valence-corrected chi connectivity index (χ0v) is 20.7. The number of Topliss-reactive ketones (excluding diaryl/α,β-unsaturated/α-hetero) is 1. The fourth-order valence-corrected chi connectivity index (χ4v) is 5.49. The Bertz CT molecular complexity index is 1150. The van der Waals surface area contributed by atoms with Gasteiger partial charge in [0.25, 0.3) is 5.91 Å². The van der Waals surface area contributed by atoms with Gasteiger partial charge in [-0.05, 0) is 35.7 Å². The number of unbranched alkanes of at least 4 members (excludes halogenated alkanes) is 4. The molecule has 0 radical (unpaired) electrons. The molecule has 8 heteroatoms. The van der Waals surface area contributed by atoms with E-state index in [-0.39, 0.29) is 16.5 Å². The van der Waals surface area contributed by atoms with Crippen LogP contribution in [-0.4, -0.2) is 33.7 Å². The van der Waals surface area contributed by atoms with Crippen molar-refractivity contribution in [2.75, 3.05) is 7.05 Å². The lowest BCUT2D eigenvalue weighted by Crippen LogP contribution is -2.32. The molecule has 0 unspecified atom stereocenters. The van der Waals surface area contributed by atoms with Crippen LogP contribution in [0.3, 0.4) is 0 Å². The summed E-state index contributed by atoms with van der Waals surface area (Å²) < 4.78 is 0. The molecular formula is C25H30N2O4S2. The van der Waals surface area contributed by atoms with Crippen LogP contribution < -0.4 is 4.87 Å². The molecule has 0 atom stereocenters. The molecule has 3 aromatic rings. The Hall–Kier alpha value is -2.71. The molecule has 6 nitrogen and oxygen atoms in total. The molecule has 176 valence electrons. The highest BCUT2D eigenvalue weighted by atomic mass is 32.1. The molecule has 33 heavy (non-hydrogen) atoms. The summed E-state index contributed by atoms with van der Waals surface area (Å²) in [5.41, 5.74) is 1.98. The Morgan fingerprint density at radius 3 is 2.58 bits per heavy atom. The molecule has 1 amide bonds. The van der Waals surface area contributed by atoms with E-state index >= 15 is 0 Å². The average Bonchev–Trinajstić information content (AvgIpc) is 3.39. The summed E-state index contributed by atoms with van der Waals surface area (Å²) in [5, 5.41) is 9.81. The maximum Gasteiger partial charge on any atom is 0.307 e. The second-order valence-corrected chi connectivity index (χ2v) is 10.4. The van der Waals surface area contributed by atoms with Gasteiger partial charge in [-0.25, -0.2) is 0 Å². The topological polar surface area (TPSA) is 90.5 Å². The number of aromatic hydroxyl groups is 1. The Labute approximate surface area is 201 Å². The lowest BCUT2D eigenvalue weighted by atomic mass is 10.1. The van der Waals surface area contributed by atoms with Gasteiger partial charge in [0.05, 0.1) is 4.88 Å².